The first-order valence-electron chi connectivity index (χ1n) is 10.2. The first-order valence-corrected chi connectivity index (χ1v) is 10.2. The van der Waals surface area contributed by atoms with Gasteiger partial charge < -0.3 is 9.30 Å². The highest BCUT2D eigenvalue weighted by molar-refractivity contribution is 5.75. The van der Waals surface area contributed by atoms with Crippen molar-refractivity contribution in [1.82, 2.24) is 14.5 Å². The lowest BCUT2D eigenvalue weighted by molar-refractivity contribution is 0.263. The zero-order valence-corrected chi connectivity index (χ0v) is 16.0. The van der Waals surface area contributed by atoms with E-state index in [-0.39, 0.29) is 0 Å². The third-order valence-electron chi connectivity index (χ3n) is 5.34. The first-order chi connectivity index (χ1) is 13.4. The van der Waals surface area contributed by atoms with Gasteiger partial charge in [-0.1, -0.05) is 43.2 Å². The number of aryl methyl sites for hydroxylation is 1. The molecule has 0 aliphatic carbocycles. The van der Waals surface area contributed by atoms with Crippen molar-refractivity contribution in [3.8, 4) is 5.75 Å². The van der Waals surface area contributed by atoms with Crippen LogP contribution in [0.5, 0.6) is 5.75 Å². The number of imidazole rings is 1. The summed E-state index contributed by atoms with van der Waals surface area (Å²) in [5.74, 6) is 2.13. The SMILES string of the molecule is c1ccc(OCCCn2c(CN3CCCCCC3)nc3ccccc32)cc1. The summed E-state index contributed by atoms with van der Waals surface area (Å²) < 4.78 is 8.28. The topological polar surface area (TPSA) is 30.3 Å². The van der Waals surface area contributed by atoms with Gasteiger partial charge in [0.05, 0.1) is 24.2 Å². The zero-order valence-electron chi connectivity index (χ0n) is 16.0. The normalized spacial score (nSPS) is 15.7. The molecule has 0 atom stereocenters. The highest BCUT2D eigenvalue weighted by Gasteiger charge is 2.15. The van der Waals surface area contributed by atoms with E-state index in [1.54, 1.807) is 0 Å². The summed E-state index contributed by atoms with van der Waals surface area (Å²) in [7, 11) is 0. The Labute approximate surface area is 161 Å². The number of benzene rings is 2. The molecule has 142 valence electrons. The summed E-state index contributed by atoms with van der Waals surface area (Å²) in [5, 5.41) is 0. The van der Waals surface area contributed by atoms with Crippen LogP contribution >= 0.6 is 0 Å². The van der Waals surface area contributed by atoms with Crippen molar-refractivity contribution in [3.05, 3.63) is 60.4 Å². The van der Waals surface area contributed by atoms with Crippen LogP contribution in [0.4, 0.5) is 0 Å². The molecule has 3 aromatic rings. The van der Waals surface area contributed by atoms with Crippen LogP contribution in [0, 0.1) is 0 Å². The van der Waals surface area contributed by atoms with Crippen LogP contribution in [-0.4, -0.2) is 34.1 Å². The van der Waals surface area contributed by atoms with E-state index in [1.165, 1.54) is 50.1 Å². The maximum atomic E-state index is 5.88. The number of likely N-dealkylation sites (tertiary alicyclic amines) is 1. The fourth-order valence-corrected chi connectivity index (χ4v) is 3.92. The van der Waals surface area contributed by atoms with Crippen molar-refractivity contribution < 1.29 is 4.74 Å². The van der Waals surface area contributed by atoms with Gasteiger partial charge in [-0.3, -0.25) is 4.90 Å². The molecular formula is C23H29N3O. The molecule has 27 heavy (non-hydrogen) atoms. The quantitative estimate of drug-likeness (QED) is 0.560. The number of hydrogen-bond acceptors (Lipinski definition) is 3. The lowest BCUT2D eigenvalue weighted by Gasteiger charge is -2.20. The molecule has 0 bridgehead atoms. The molecular weight excluding hydrogens is 334 g/mol. The minimum Gasteiger partial charge on any atom is -0.494 e. The van der Waals surface area contributed by atoms with Crippen LogP contribution in [0.2, 0.25) is 0 Å². The molecule has 0 unspecified atom stereocenters. The summed E-state index contributed by atoms with van der Waals surface area (Å²) in [6, 6.07) is 18.6. The fraction of sp³-hybridized carbons (Fsp3) is 0.435. The Morgan fingerprint density at radius 2 is 1.59 bits per heavy atom. The Bertz CT molecular complexity index is 835. The summed E-state index contributed by atoms with van der Waals surface area (Å²) in [5.41, 5.74) is 2.34. The van der Waals surface area contributed by atoms with Gasteiger partial charge in [-0.15, -0.1) is 0 Å². The van der Waals surface area contributed by atoms with E-state index in [2.05, 4.69) is 33.7 Å². The van der Waals surface area contributed by atoms with Crippen LogP contribution in [0.1, 0.15) is 37.9 Å². The van der Waals surface area contributed by atoms with Crippen LogP contribution in [0.25, 0.3) is 11.0 Å². The molecule has 0 N–H and O–H groups in total. The number of ether oxygens (including phenoxy) is 1. The van der Waals surface area contributed by atoms with Crippen molar-refractivity contribution in [3.63, 3.8) is 0 Å². The lowest BCUT2D eigenvalue weighted by Crippen LogP contribution is -2.26. The fourth-order valence-electron chi connectivity index (χ4n) is 3.92. The van der Waals surface area contributed by atoms with E-state index < -0.39 is 0 Å². The van der Waals surface area contributed by atoms with E-state index in [0.29, 0.717) is 0 Å². The van der Waals surface area contributed by atoms with Crippen molar-refractivity contribution in [2.75, 3.05) is 19.7 Å². The Morgan fingerprint density at radius 3 is 2.41 bits per heavy atom. The van der Waals surface area contributed by atoms with Crippen molar-refractivity contribution in [2.45, 2.75) is 45.2 Å². The second-order valence-electron chi connectivity index (χ2n) is 7.37. The molecule has 2 aromatic carbocycles. The Balaban J connectivity index is 1.44. The molecule has 1 aliphatic heterocycles. The molecule has 0 spiro atoms. The van der Waals surface area contributed by atoms with Crippen molar-refractivity contribution in [1.29, 1.82) is 0 Å². The van der Waals surface area contributed by atoms with Crippen molar-refractivity contribution >= 4 is 11.0 Å². The molecule has 4 nitrogen and oxygen atoms in total. The van der Waals surface area contributed by atoms with Gasteiger partial charge in [0.25, 0.3) is 0 Å². The Morgan fingerprint density at radius 1 is 0.852 bits per heavy atom. The molecule has 0 amide bonds. The largest absolute Gasteiger partial charge is 0.494 e. The molecule has 4 heteroatoms. The van der Waals surface area contributed by atoms with E-state index in [9.17, 15) is 0 Å². The molecule has 2 heterocycles. The van der Waals surface area contributed by atoms with Gasteiger partial charge in [0.1, 0.15) is 11.6 Å². The maximum Gasteiger partial charge on any atom is 0.124 e. The monoisotopic (exact) mass is 363 g/mol. The first kappa shape index (κ1) is 18.1. The number of fused-ring (bicyclic) bond motifs is 1. The number of para-hydroxylation sites is 3. The molecule has 1 aliphatic rings. The molecule has 0 saturated carbocycles. The predicted molar refractivity (Wildman–Crippen MR) is 110 cm³/mol. The highest BCUT2D eigenvalue weighted by Crippen LogP contribution is 2.20. The number of rotatable bonds is 7. The van der Waals surface area contributed by atoms with E-state index in [4.69, 9.17) is 9.72 Å². The molecule has 4 rings (SSSR count). The molecule has 1 aromatic heterocycles. The van der Waals surface area contributed by atoms with Gasteiger partial charge >= 0.3 is 0 Å². The maximum absolute atomic E-state index is 5.88. The molecule has 1 saturated heterocycles. The van der Waals surface area contributed by atoms with Gasteiger partial charge in [0.15, 0.2) is 0 Å². The van der Waals surface area contributed by atoms with Gasteiger partial charge in [-0.2, -0.15) is 0 Å². The summed E-state index contributed by atoms with van der Waals surface area (Å²) in [6.07, 6.45) is 6.33. The summed E-state index contributed by atoms with van der Waals surface area (Å²) in [4.78, 5) is 7.53. The third-order valence-corrected chi connectivity index (χ3v) is 5.34. The summed E-state index contributed by atoms with van der Waals surface area (Å²) in [6.45, 7) is 5.01. The zero-order chi connectivity index (χ0) is 18.3. The average Bonchev–Trinajstić information content (AvgIpc) is 2.86. The predicted octanol–water partition coefficient (Wildman–Crippen LogP) is 4.88. The third kappa shape index (κ3) is 4.69. The van der Waals surface area contributed by atoms with Gasteiger partial charge in [0, 0.05) is 6.54 Å². The number of aromatic nitrogens is 2. The average molecular weight is 364 g/mol. The molecule has 0 radical (unpaired) electrons. The van der Waals surface area contributed by atoms with E-state index in [0.717, 1.165) is 37.4 Å². The van der Waals surface area contributed by atoms with Gasteiger partial charge in [0.2, 0.25) is 0 Å². The van der Waals surface area contributed by atoms with Crippen molar-refractivity contribution in [2.24, 2.45) is 0 Å². The standard InChI is InChI=1S/C23H29N3O/c1-2-9-16-25(15-8-1)19-23-24-21-13-6-7-14-22(21)26(23)17-10-18-27-20-11-4-3-5-12-20/h3-7,11-14H,1-2,8-10,15-19H2. The van der Waals surface area contributed by atoms with Crippen LogP contribution < -0.4 is 4.74 Å². The smallest absolute Gasteiger partial charge is 0.124 e. The molecule has 1 fully saturated rings. The number of hydrogen-bond donors (Lipinski definition) is 0. The van der Waals surface area contributed by atoms with Crippen LogP contribution in [0.3, 0.4) is 0 Å². The second kappa shape index (κ2) is 9.05. The lowest BCUT2D eigenvalue weighted by atomic mass is 10.2. The van der Waals surface area contributed by atoms with Gasteiger partial charge in [-0.05, 0) is 56.6 Å². The van der Waals surface area contributed by atoms with Crippen LogP contribution in [0.15, 0.2) is 54.6 Å². The number of nitrogens with zero attached hydrogens (tertiary/aromatic N) is 3. The summed E-state index contributed by atoms with van der Waals surface area (Å²) >= 11 is 0. The highest BCUT2D eigenvalue weighted by atomic mass is 16.5. The minimum absolute atomic E-state index is 0.722. The van der Waals surface area contributed by atoms with Crippen LogP contribution in [-0.2, 0) is 13.1 Å². The Kier molecular flexibility index (Phi) is 6.05. The minimum atomic E-state index is 0.722. The van der Waals surface area contributed by atoms with Gasteiger partial charge in [-0.25, -0.2) is 4.98 Å². The second-order valence-corrected chi connectivity index (χ2v) is 7.37. The van der Waals surface area contributed by atoms with E-state index >= 15 is 0 Å². The Hall–Kier alpha value is -2.33. The van der Waals surface area contributed by atoms with E-state index in [1.807, 2.05) is 30.3 Å².